The van der Waals surface area contributed by atoms with Crippen LogP contribution in [0.15, 0.2) is 41.0 Å². The van der Waals surface area contributed by atoms with E-state index in [-0.39, 0.29) is 0 Å². The molecule has 1 aromatic heterocycles. The third kappa shape index (κ3) is 2.02. The zero-order valence-corrected chi connectivity index (χ0v) is 10.4. The lowest BCUT2D eigenvalue weighted by molar-refractivity contribution is 0.416. The summed E-state index contributed by atoms with van der Waals surface area (Å²) in [7, 11) is 1.64. The Bertz CT molecular complexity index is 514. The van der Waals surface area contributed by atoms with E-state index in [0.717, 1.165) is 21.5 Å². The summed E-state index contributed by atoms with van der Waals surface area (Å²) in [5.74, 6) is 0.789. The van der Waals surface area contributed by atoms with Gasteiger partial charge in [-0.1, -0.05) is 12.1 Å². The van der Waals surface area contributed by atoms with Crippen molar-refractivity contribution in [2.45, 2.75) is 0 Å². The van der Waals surface area contributed by atoms with E-state index >= 15 is 0 Å². The van der Waals surface area contributed by atoms with Crippen molar-refractivity contribution in [2.24, 2.45) is 0 Å². The van der Waals surface area contributed by atoms with E-state index < -0.39 is 0 Å². The number of hydrogen-bond donors (Lipinski definition) is 1. The number of pyridine rings is 1. The summed E-state index contributed by atoms with van der Waals surface area (Å²) in [5.41, 5.74) is 8.22. The van der Waals surface area contributed by atoms with Gasteiger partial charge in [0, 0.05) is 17.4 Å². The highest BCUT2D eigenvalue weighted by Crippen LogP contribution is 2.30. The van der Waals surface area contributed by atoms with Gasteiger partial charge in [-0.05, 0) is 34.1 Å². The summed E-state index contributed by atoms with van der Waals surface area (Å²) < 4.78 is 6.07. The molecule has 2 N–H and O–H groups in total. The molecule has 0 spiro atoms. The molecule has 1 aromatic carbocycles. The molecule has 1 heterocycles. The number of para-hydroxylation sites is 1. The van der Waals surface area contributed by atoms with Gasteiger partial charge < -0.3 is 10.5 Å². The maximum Gasteiger partial charge on any atom is 0.128 e. The van der Waals surface area contributed by atoms with E-state index in [4.69, 9.17) is 10.5 Å². The fourth-order valence-corrected chi connectivity index (χ4v) is 1.67. The van der Waals surface area contributed by atoms with Crippen LogP contribution in [-0.4, -0.2) is 12.1 Å². The molecule has 0 saturated heterocycles. The second kappa shape index (κ2) is 4.53. The van der Waals surface area contributed by atoms with Gasteiger partial charge in [0.25, 0.3) is 0 Å². The summed E-state index contributed by atoms with van der Waals surface area (Å²) in [6, 6.07) is 9.54. The molecule has 0 amide bonds. The molecule has 4 heteroatoms. The van der Waals surface area contributed by atoms with Crippen molar-refractivity contribution in [3.05, 3.63) is 41.0 Å². The Labute approximate surface area is 102 Å². The minimum absolute atomic E-state index is 0.663. The Morgan fingerprint density at radius 2 is 2.06 bits per heavy atom. The molecule has 16 heavy (non-hydrogen) atoms. The maximum absolute atomic E-state index is 5.82. The van der Waals surface area contributed by atoms with Crippen LogP contribution in [0, 0.1) is 0 Å². The van der Waals surface area contributed by atoms with Gasteiger partial charge >= 0.3 is 0 Å². The van der Waals surface area contributed by atoms with E-state index in [1.54, 1.807) is 13.3 Å². The number of halogens is 1. The molecule has 0 bridgehead atoms. The predicted molar refractivity (Wildman–Crippen MR) is 68.3 cm³/mol. The normalized spacial score (nSPS) is 10.1. The van der Waals surface area contributed by atoms with Crippen LogP contribution in [0.1, 0.15) is 0 Å². The number of aromatic nitrogens is 1. The first-order valence-electron chi connectivity index (χ1n) is 4.77. The standard InChI is InChI=1S/C12H11BrN2O/c1-16-12-5-3-2-4-8(12)11-6-10(14)9(13)7-15-11/h2-7H,1H3,(H2,14,15). The molecule has 0 aliphatic carbocycles. The summed E-state index contributed by atoms with van der Waals surface area (Å²) in [6.07, 6.45) is 1.69. The molecule has 0 aliphatic heterocycles. The minimum Gasteiger partial charge on any atom is -0.496 e. The minimum atomic E-state index is 0.663. The van der Waals surface area contributed by atoms with E-state index in [2.05, 4.69) is 20.9 Å². The van der Waals surface area contributed by atoms with Gasteiger partial charge in [-0.3, -0.25) is 4.98 Å². The van der Waals surface area contributed by atoms with Gasteiger partial charge in [0.15, 0.2) is 0 Å². The topological polar surface area (TPSA) is 48.1 Å². The van der Waals surface area contributed by atoms with E-state index in [0.29, 0.717) is 5.69 Å². The Balaban J connectivity index is 2.54. The van der Waals surface area contributed by atoms with E-state index in [1.807, 2.05) is 30.3 Å². The molecule has 2 aromatic rings. The van der Waals surface area contributed by atoms with Crippen LogP contribution >= 0.6 is 15.9 Å². The largest absolute Gasteiger partial charge is 0.496 e. The van der Waals surface area contributed by atoms with Gasteiger partial charge in [0.1, 0.15) is 5.75 Å². The molecular weight excluding hydrogens is 268 g/mol. The number of benzene rings is 1. The molecule has 0 saturated carbocycles. The summed E-state index contributed by atoms with van der Waals surface area (Å²) >= 11 is 3.32. The van der Waals surface area contributed by atoms with Gasteiger partial charge in [-0.25, -0.2) is 0 Å². The first-order chi connectivity index (χ1) is 7.72. The fraction of sp³-hybridized carbons (Fsp3) is 0.0833. The predicted octanol–water partition coefficient (Wildman–Crippen LogP) is 3.10. The number of nitrogens with zero attached hydrogens (tertiary/aromatic N) is 1. The van der Waals surface area contributed by atoms with Crippen molar-refractivity contribution < 1.29 is 4.74 Å². The zero-order chi connectivity index (χ0) is 11.5. The number of methoxy groups -OCH3 is 1. The monoisotopic (exact) mass is 278 g/mol. The lowest BCUT2D eigenvalue weighted by Crippen LogP contribution is -1.93. The molecule has 0 radical (unpaired) electrons. The maximum atomic E-state index is 5.82. The van der Waals surface area contributed by atoms with Crippen molar-refractivity contribution >= 4 is 21.6 Å². The average Bonchev–Trinajstić information content (AvgIpc) is 2.32. The Hall–Kier alpha value is -1.55. The third-order valence-electron chi connectivity index (χ3n) is 2.27. The highest BCUT2D eigenvalue weighted by atomic mass is 79.9. The first kappa shape index (κ1) is 11.0. The Morgan fingerprint density at radius 3 is 2.75 bits per heavy atom. The molecule has 0 aliphatic rings. The summed E-state index contributed by atoms with van der Waals surface area (Å²) in [5, 5.41) is 0. The molecule has 82 valence electrons. The van der Waals surface area contributed by atoms with Gasteiger partial charge in [0.05, 0.1) is 17.3 Å². The number of rotatable bonds is 2. The van der Waals surface area contributed by atoms with E-state index in [1.165, 1.54) is 0 Å². The summed E-state index contributed by atoms with van der Waals surface area (Å²) in [4.78, 5) is 4.31. The van der Waals surface area contributed by atoms with Gasteiger partial charge in [0.2, 0.25) is 0 Å². The molecular formula is C12H11BrN2O. The van der Waals surface area contributed by atoms with Gasteiger partial charge in [-0.15, -0.1) is 0 Å². The van der Waals surface area contributed by atoms with Gasteiger partial charge in [-0.2, -0.15) is 0 Å². The number of hydrogen-bond acceptors (Lipinski definition) is 3. The lowest BCUT2D eigenvalue weighted by Gasteiger charge is -2.08. The number of nitrogen functional groups attached to an aromatic ring is 1. The number of nitrogens with two attached hydrogens (primary N) is 1. The number of anilines is 1. The highest BCUT2D eigenvalue weighted by molar-refractivity contribution is 9.10. The fourth-order valence-electron chi connectivity index (χ4n) is 1.46. The quantitative estimate of drug-likeness (QED) is 0.918. The molecule has 0 unspecified atom stereocenters. The first-order valence-corrected chi connectivity index (χ1v) is 5.56. The van der Waals surface area contributed by atoms with Crippen molar-refractivity contribution in [1.29, 1.82) is 0 Å². The van der Waals surface area contributed by atoms with Crippen LogP contribution in [0.5, 0.6) is 5.75 Å². The van der Waals surface area contributed by atoms with Crippen LogP contribution in [0.4, 0.5) is 5.69 Å². The lowest BCUT2D eigenvalue weighted by atomic mass is 10.1. The molecule has 0 fully saturated rings. The van der Waals surface area contributed by atoms with Crippen molar-refractivity contribution in [3.8, 4) is 17.0 Å². The van der Waals surface area contributed by atoms with Crippen LogP contribution < -0.4 is 10.5 Å². The van der Waals surface area contributed by atoms with Crippen LogP contribution in [0.3, 0.4) is 0 Å². The average molecular weight is 279 g/mol. The SMILES string of the molecule is COc1ccccc1-c1cc(N)c(Br)cn1. The number of ether oxygens (including phenoxy) is 1. The second-order valence-corrected chi connectivity index (χ2v) is 4.15. The third-order valence-corrected chi connectivity index (χ3v) is 2.93. The van der Waals surface area contributed by atoms with Crippen molar-refractivity contribution in [1.82, 2.24) is 4.98 Å². The van der Waals surface area contributed by atoms with Crippen molar-refractivity contribution in [3.63, 3.8) is 0 Å². The van der Waals surface area contributed by atoms with Crippen LogP contribution in [0.25, 0.3) is 11.3 Å². The van der Waals surface area contributed by atoms with E-state index in [9.17, 15) is 0 Å². The molecule has 2 rings (SSSR count). The highest BCUT2D eigenvalue weighted by Gasteiger charge is 2.07. The summed E-state index contributed by atoms with van der Waals surface area (Å²) in [6.45, 7) is 0. The Morgan fingerprint density at radius 1 is 1.31 bits per heavy atom. The second-order valence-electron chi connectivity index (χ2n) is 3.29. The van der Waals surface area contributed by atoms with Crippen molar-refractivity contribution in [2.75, 3.05) is 12.8 Å². The smallest absolute Gasteiger partial charge is 0.128 e. The van der Waals surface area contributed by atoms with Crippen LogP contribution in [0.2, 0.25) is 0 Å². The molecule has 0 atom stereocenters. The molecule has 3 nitrogen and oxygen atoms in total. The zero-order valence-electron chi connectivity index (χ0n) is 8.77. The van der Waals surface area contributed by atoms with Crippen LogP contribution in [-0.2, 0) is 0 Å². The Kier molecular flexibility index (Phi) is 3.10.